The van der Waals surface area contributed by atoms with Gasteiger partial charge < -0.3 is 15.3 Å². The average Bonchev–Trinajstić information content (AvgIpc) is 2.42. The highest BCUT2D eigenvalue weighted by molar-refractivity contribution is 6.30. The van der Waals surface area contributed by atoms with Gasteiger partial charge in [-0.15, -0.1) is 0 Å². The van der Waals surface area contributed by atoms with Crippen LogP contribution in [0.5, 0.6) is 0 Å². The Kier molecular flexibility index (Phi) is 7.02. The maximum Gasteiger partial charge on any atom is 0.317 e. The van der Waals surface area contributed by atoms with Crippen LogP contribution in [-0.2, 0) is 11.3 Å². The number of rotatable bonds is 7. The van der Waals surface area contributed by atoms with Crippen molar-refractivity contribution in [2.45, 2.75) is 26.3 Å². The summed E-state index contributed by atoms with van der Waals surface area (Å²) < 4.78 is 0. The van der Waals surface area contributed by atoms with Crippen molar-refractivity contribution in [3.8, 4) is 0 Å². The summed E-state index contributed by atoms with van der Waals surface area (Å²) in [4.78, 5) is 24.0. The van der Waals surface area contributed by atoms with E-state index in [2.05, 4.69) is 5.32 Å². The first kappa shape index (κ1) is 17.3. The molecule has 0 heterocycles. The van der Waals surface area contributed by atoms with Crippen molar-refractivity contribution in [3.05, 3.63) is 34.9 Å². The summed E-state index contributed by atoms with van der Waals surface area (Å²) >= 11 is 5.90. The smallest absolute Gasteiger partial charge is 0.317 e. The fourth-order valence-corrected chi connectivity index (χ4v) is 2.06. The lowest BCUT2D eigenvalue weighted by Crippen LogP contribution is -2.38. The van der Waals surface area contributed by atoms with Crippen molar-refractivity contribution >= 4 is 23.6 Å². The van der Waals surface area contributed by atoms with E-state index in [4.69, 9.17) is 16.7 Å². The van der Waals surface area contributed by atoms with Crippen LogP contribution in [0, 0.1) is 5.92 Å². The summed E-state index contributed by atoms with van der Waals surface area (Å²) in [5.41, 5.74) is 0.957. The van der Waals surface area contributed by atoms with E-state index in [1.165, 1.54) is 0 Å². The quantitative estimate of drug-likeness (QED) is 0.813. The first-order valence-electron chi connectivity index (χ1n) is 6.83. The molecule has 21 heavy (non-hydrogen) atoms. The Morgan fingerprint density at radius 1 is 1.43 bits per heavy atom. The van der Waals surface area contributed by atoms with Gasteiger partial charge in [0.25, 0.3) is 0 Å². The number of carboxylic acids is 1. The molecule has 0 fully saturated rings. The molecule has 1 atom stereocenters. The van der Waals surface area contributed by atoms with Crippen LogP contribution in [-0.4, -0.2) is 35.6 Å². The highest BCUT2D eigenvalue weighted by atomic mass is 35.5. The average molecular weight is 313 g/mol. The third-order valence-corrected chi connectivity index (χ3v) is 3.34. The van der Waals surface area contributed by atoms with Crippen LogP contribution in [0.2, 0.25) is 5.02 Å². The number of urea groups is 1. The van der Waals surface area contributed by atoms with Gasteiger partial charge in [-0.2, -0.15) is 0 Å². The number of aliphatic carboxylic acids is 1. The van der Waals surface area contributed by atoms with E-state index in [1.807, 2.05) is 25.1 Å². The van der Waals surface area contributed by atoms with Crippen molar-refractivity contribution in [1.29, 1.82) is 0 Å². The highest BCUT2D eigenvalue weighted by Crippen LogP contribution is 2.12. The topological polar surface area (TPSA) is 69.6 Å². The molecule has 0 radical (unpaired) electrons. The van der Waals surface area contributed by atoms with Crippen LogP contribution < -0.4 is 5.32 Å². The molecule has 1 aromatic rings. The van der Waals surface area contributed by atoms with Crippen molar-refractivity contribution < 1.29 is 14.7 Å². The van der Waals surface area contributed by atoms with E-state index in [0.29, 0.717) is 24.5 Å². The Morgan fingerprint density at radius 3 is 2.76 bits per heavy atom. The summed E-state index contributed by atoms with van der Waals surface area (Å²) in [5.74, 6) is -0.684. The first-order chi connectivity index (χ1) is 9.88. The molecule has 5 nitrogen and oxygen atoms in total. The van der Waals surface area contributed by atoms with Gasteiger partial charge in [0.05, 0.1) is 0 Å². The minimum Gasteiger partial charge on any atom is -0.481 e. The summed E-state index contributed by atoms with van der Waals surface area (Å²) in [7, 11) is 1.71. The van der Waals surface area contributed by atoms with Gasteiger partial charge in [0.1, 0.15) is 0 Å². The number of benzene rings is 1. The lowest BCUT2D eigenvalue weighted by Gasteiger charge is -2.20. The van der Waals surface area contributed by atoms with Gasteiger partial charge in [-0.25, -0.2) is 4.79 Å². The number of halogens is 1. The molecule has 0 saturated carbocycles. The molecule has 2 N–H and O–H groups in total. The zero-order chi connectivity index (χ0) is 15.8. The van der Waals surface area contributed by atoms with Gasteiger partial charge >= 0.3 is 12.0 Å². The molecule has 0 spiro atoms. The predicted molar refractivity (Wildman–Crippen MR) is 82.4 cm³/mol. The number of carbonyl (C=O) groups excluding carboxylic acids is 1. The molecule has 0 aliphatic rings. The SMILES string of the molecule is CC(CCC(=O)O)CNC(=O)N(C)Cc1cccc(Cl)c1. The van der Waals surface area contributed by atoms with E-state index in [9.17, 15) is 9.59 Å². The van der Waals surface area contributed by atoms with Crippen LogP contribution in [0.1, 0.15) is 25.3 Å². The normalized spacial score (nSPS) is 11.8. The second kappa shape index (κ2) is 8.52. The molecular formula is C15H21ClN2O3. The van der Waals surface area contributed by atoms with Crippen molar-refractivity contribution in [1.82, 2.24) is 10.2 Å². The van der Waals surface area contributed by atoms with E-state index in [-0.39, 0.29) is 18.4 Å². The summed E-state index contributed by atoms with van der Waals surface area (Å²) in [6.45, 7) is 2.85. The minimum absolute atomic E-state index is 0.120. The highest BCUT2D eigenvalue weighted by Gasteiger charge is 2.11. The summed E-state index contributed by atoms with van der Waals surface area (Å²) in [6, 6.07) is 7.18. The van der Waals surface area contributed by atoms with Gasteiger partial charge in [-0.1, -0.05) is 30.7 Å². The van der Waals surface area contributed by atoms with Crippen LogP contribution >= 0.6 is 11.6 Å². The molecule has 6 heteroatoms. The number of hydrogen-bond donors (Lipinski definition) is 2. The fourth-order valence-electron chi connectivity index (χ4n) is 1.85. The van der Waals surface area contributed by atoms with Gasteiger partial charge in [-0.05, 0) is 30.0 Å². The number of nitrogens with one attached hydrogen (secondary N) is 1. The predicted octanol–water partition coefficient (Wildman–Crippen LogP) is 2.98. The monoisotopic (exact) mass is 312 g/mol. The first-order valence-corrected chi connectivity index (χ1v) is 7.21. The van der Waals surface area contributed by atoms with Crippen molar-refractivity contribution in [2.24, 2.45) is 5.92 Å². The Labute approximate surface area is 129 Å². The molecule has 1 rings (SSSR count). The minimum atomic E-state index is -0.814. The second-order valence-corrected chi connectivity index (χ2v) is 5.65. The Morgan fingerprint density at radius 2 is 2.14 bits per heavy atom. The van der Waals surface area contributed by atoms with Crippen molar-refractivity contribution in [3.63, 3.8) is 0 Å². The van der Waals surface area contributed by atoms with Gasteiger partial charge in [0, 0.05) is 31.6 Å². The van der Waals surface area contributed by atoms with Crippen LogP contribution in [0.15, 0.2) is 24.3 Å². The van der Waals surface area contributed by atoms with E-state index in [0.717, 1.165) is 5.56 Å². The maximum absolute atomic E-state index is 11.9. The standard InChI is InChI=1S/C15H21ClN2O3/c1-11(6-7-14(19)20)9-17-15(21)18(2)10-12-4-3-5-13(16)8-12/h3-5,8,11H,6-7,9-10H2,1-2H3,(H,17,21)(H,19,20). The fraction of sp³-hybridized carbons (Fsp3) is 0.467. The van der Waals surface area contributed by atoms with E-state index >= 15 is 0 Å². The lowest BCUT2D eigenvalue weighted by atomic mass is 10.1. The molecule has 1 aromatic carbocycles. The van der Waals surface area contributed by atoms with E-state index in [1.54, 1.807) is 18.0 Å². The summed E-state index contributed by atoms with van der Waals surface area (Å²) in [5, 5.41) is 12.1. The zero-order valence-electron chi connectivity index (χ0n) is 12.3. The molecule has 116 valence electrons. The molecular weight excluding hydrogens is 292 g/mol. The van der Waals surface area contributed by atoms with Crippen LogP contribution in [0.25, 0.3) is 0 Å². The third kappa shape index (κ3) is 6.99. The van der Waals surface area contributed by atoms with Gasteiger partial charge in [0.15, 0.2) is 0 Å². The molecule has 0 aliphatic carbocycles. The maximum atomic E-state index is 11.9. The van der Waals surface area contributed by atoms with Crippen LogP contribution in [0.3, 0.4) is 0 Å². The molecule has 2 amide bonds. The number of carbonyl (C=O) groups is 2. The number of nitrogens with zero attached hydrogens (tertiary/aromatic N) is 1. The number of hydrogen-bond acceptors (Lipinski definition) is 2. The van der Waals surface area contributed by atoms with E-state index < -0.39 is 5.97 Å². The molecule has 0 aromatic heterocycles. The second-order valence-electron chi connectivity index (χ2n) is 5.21. The largest absolute Gasteiger partial charge is 0.481 e. The number of carboxylic acid groups (broad SMARTS) is 1. The summed E-state index contributed by atoms with van der Waals surface area (Å²) in [6.07, 6.45) is 0.670. The van der Waals surface area contributed by atoms with Gasteiger partial charge in [-0.3, -0.25) is 4.79 Å². The molecule has 0 saturated heterocycles. The Bertz CT molecular complexity index is 494. The Balaban J connectivity index is 2.35. The zero-order valence-corrected chi connectivity index (χ0v) is 13.1. The van der Waals surface area contributed by atoms with Crippen LogP contribution in [0.4, 0.5) is 4.79 Å². The lowest BCUT2D eigenvalue weighted by molar-refractivity contribution is -0.137. The Hall–Kier alpha value is -1.75. The third-order valence-electron chi connectivity index (χ3n) is 3.11. The molecule has 0 bridgehead atoms. The van der Waals surface area contributed by atoms with Crippen molar-refractivity contribution in [2.75, 3.05) is 13.6 Å². The molecule has 0 aliphatic heterocycles. The van der Waals surface area contributed by atoms with Gasteiger partial charge in [0.2, 0.25) is 0 Å². The number of amides is 2. The molecule has 1 unspecified atom stereocenters.